The fourth-order valence-corrected chi connectivity index (χ4v) is 3.57. The first-order chi connectivity index (χ1) is 16.6. The van der Waals surface area contributed by atoms with Gasteiger partial charge in [0.2, 0.25) is 0 Å². The van der Waals surface area contributed by atoms with E-state index < -0.39 is 5.91 Å². The molecule has 0 aromatic heterocycles. The summed E-state index contributed by atoms with van der Waals surface area (Å²) in [6, 6.07) is 12.7. The summed E-state index contributed by atoms with van der Waals surface area (Å²) in [4.78, 5) is 12.4. The van der Waals surface area contributed by atoms with E-state index in [2.05, 4.69) is 5.32 Å². The van der Waals surface area contributed by atoms with Gasteiger partial charge in [-0.1, -0.05) is 6.07 Å². The normalized spacial score (nSPS) is 15.4. The number of hydrogen-bond donors (Lipinski definition) is 1. The molecule has 1 heterocycles. The third kappa shape index (κ3) is 6.65. The standard InChI is InChI=1S/C26H30N2O6/c1-4-32-25-13-18(12-19(15-27)26(29)28-16-22-6-5-11-33-22)7-9-24(25)34-17-20-14-21(30-2)8-10-23(20)31-3/h7-10,12-14,22H,4-6,11,16-17H2,1-3H3,(H,28,29)/b19-12+/t22-/m1/s1. The largest absolute Gasteiger partial charge is 0.497 e. The molecule has 34 heavy (non-hydrogen) atoms. The second-order valence-electron chi connectivity index (χ2n) is 7.62. The van der Waals surface area contributed by atoms with E-state index in [-0.39, 0.29) is 18.3 Å². The summed E-state index contributed by atoms with van der Waals surface area (Å²) < 4.78 is 28.0. The summed E-state index contributed by atoms with van der Waals surface area (Å²) in [7, 11) is 3.20. The van der Waals surface area contributed by atoms with Gasteiger partial charge in [0, 0.05) is 18.7 Å². The van der Waals surface area contributed by atoms with Crippen molar-refractivity contribution in [3.05, 3.63) is 53.1 Å². The smallest absolute Gasteiger partial charge is 0.262 e. The monoisotopic (exact) mass is 466 g/mol. The molecule has 0 saturated carbocycles. The van der Waals surface area contributed by atoms with E-state index in [9.17, 15) is 10.1 Å². The van der Waals surface area contributed by atoms with Crippen LogP contribution >= 0.6 is 0 Å². The second-order valence-corrected chi connectivity index (χ2v) is 7.62. The van der Waals surface area contributed by atoms with Crippen molar-refractivity contribution in [1.29, 1.82) is 5.26 Å². The molecule has 180 valence electrons. The zero-order chi connectivity index (χ0) is 24.3. The van der Waals surface area contributed by atoms with Crippen molar-refractivity contribution in [2.45, 2.75) is 32.5 Å². The average molecular weight is 467 g/mol. The van der Waals surface area contributed by atoms with Crippen LogP contribution in [0.2, 0.25) is 0 Å². The molecule has 1 N–H and O–H groups in total. The van der Waals surface area contributed by atoms with Crippen LogP contribution in [0.25, 0.3) is 6.08 Å². The highest BCUT2D eigenvalue weighted by Gasteiger charge is 2.18. The molecule has 0 aliphatic carbocycles. The molecule has 1 amide bonds. The molecular formula is C26H30N2O6. The zero-order valence-corrected chi connectivity index (χ0v) is 19.8. The average Bonchev–Trinajstić information content (AvgIpc) is 3.39. The zero-order valence-electron chi connectivity index (χ0n) is 19.8. The number of methoxy groups -OCH3 is 2. The van der Waals surface area contributed by atoms with Gasteiger partial charge in [-0.3, -0.25) is 4.79 Å². The third-order valence-electron chi connectivity index (χ3n) is 5.33. The Kier molecular flexibility index (Phi) is 9.18. The van der Waals surface area contributed by atoms with E-state index in [4.69, 9.17) is 23.7 Å². The van der Waals surface area contributed by atoms with Gasteiger partial charge in [-0.15, -0.1) is 0 Å². The minimum Gasteiger partial charge on any atom is -0.497 e. The minimum absolute atomic E-state index is 0.00749. The number of hydrogen-bond acceptors (Lipinski definition) is 7. The summed E-state index contributed by atoms with van der Waals surface area (Å²) in [6.45, 7) is 3.64. The maximum absolute atomic E-state index is 12.4. The minimum atomic E-state index is -0.429. The topological polar surface area (TPSA) is 99.0 Å². The van der Waals surface area contributed by atoms with Gasteiger partial charge in [0.15, 0.2) is 11.5 Å². The van der Waals surface area contributed by atoms with Gasteiger partial charge in [0.05, 0.1) is 26.9 Å². The molecule has 1 fully saturated rings. The van der Waals surface area contributed by atoms with Gasteiger partial charge in [0.1, 0.15) is 29.7 Å². The Morgan fingerprint density at radius 2 is 1.97 bits per heavy atom. The van der Waals surface area contributed by atoms with Crippen molar-refractivity contribution in [3.63, 3.8) is 0 Å². The molecule has 0 unspecified atom stereocenters. The van der Waals surface area contributed by atoms with E-state index in [0.717, 1.165) is 18.4 Å². The first-order valence-corrected chi connectivity index (χ1v) is 11.2. The number of carbonyl (C=O) groups excluding carboxylic acids is 1. The Morgan fingerprint density at radius 3 is 2.65 bits per heavy atom. The number of ether oxygens (including phenoxy) is 5. The molecule has 1 atom stereocenters. The van der Waals surface area contributed by atoms with Crippen LogP contribution in [0.1, 0.15) is 30.9 Å². The number of rotatable bonds is 11. The second kappa shape index (κ2) is 12.5. The Balaban J connectivity index is 1.74. The maximum atomic E-state index is 12.4. The predicted octanol–water partition coefficient (Wildman–Crippen LogP) is 3.88. The summed E-state index contributed by atoms with van der Waals surface area (Å²) in [5.74, 6) is 2.00. The van der Waals surface area contributed by atoms with E-state index in [1.54, 1.807) is 32.4 Å². The molecule has 1 aliphatic heterocycles. The third-order valence-corrected chi connectivity index (χ3v) is 5.33. The molecule has 8 heteroatoms. The first kappa shape index (κ1) is 24.9. The Labute approximate surface area is 200 Å². The fourth-order valence-electron chi connectivity index (χ4n) is 3.57. The number of benzene rings is 2. The quantitative estimate of drug-likeness (QED) is 0.396. The lowest BCUT2D eigenvalue weighted by atomic mass is 10.1. The Bertz CT molecular complexity index is 1050. The lowest BCUT2D eigenvalue weighted by Gasteiger charge is -2.15. The number of carbonyl (C=O) groups is 1. The number of nitrogens with one attached hydrogen (secondary N) is 1. The highest BCUT2D eigenvalue weighted by molar-refractivity contribution is 6.01. The van der Waals surface area contributed by atoms with Gasteiger partial charge < -0.3 is 29.0 Å². The van der Waals surface area contributed by atoms with Crippen molar-refractivity contribution in [2.24, 2.45) is 0 Å². The molecule has 0 radical (unpaired) electrons. The number of nitrogens with zero attached hydrogens (tertiary/aromatic N) is 1. The van der Waals surface area contributed by atoms with Crippen molar-refractivity contribution < 1.29 is 28.5 Å². The fraction of sp³-hybridized carbons (Fsp3) is 0.385. The van der Waals surface area contributed by atoms with E-state index in [1.807, 2.05) is 31.2 Å². The van der Waals surface area contributed by atoms with Crippen molar-refractivity contribution in [1.82, 2.24) is 5.32 Å². The van der Waals surface area contributed by atoms with Gasteiger partial charge in [-0.05, 0) is 61.7 Å². The number of amides is 1. The van der Waals surface area contributed by atoms with E-state index in [0.29, 0.717) is 48.3 Å². The van der Waals surface area contributed by atoms with Crippen LogP contribution in [0, 0.1) is 11.3 Å². The molecule has 2 aromatic carbocycles. The van der Waals surface area contributed by atoms with Gasteiger partial charge in [0.25, 0.3) is 5.91 Å². The number of nitriles is 1. The lowest BCUT2D eigenvalue weighted by Crippen LogP contribution is -2.32. The van der Waals surface area contributed by atoms with E-state index >= 15 is 0 Å². The van der Waals surface area contributed by atoms with Crippen LogP contribution in [0.3, 0.4) is 0 Å². The molecular weight excluding hydrogens is 436 g/mol. The van der Waals surface area contributed by atoms with Crippen molar-refractivity contribution >= 4 is 12.0 Å². The van der Waals surface area contributed by atoms with Crippen molar-refractivity contribution in [2.75, 3.05) is 34.0 Å². The summed E-state index contributed by atoms with van der Waals surface area (Å²) in [6.07, 6.45) is 3.43. The molecule has 0 bridgehead atoms. The lowest BCUT2D eigenvalue weighted by molar-refractivity contribution is -0.117. The van der Waals surface area contributed by atoms with Crippen molar-refractivity contribution in [3.8, 4) is 29.1 Å². The molecule has 0 spiro atoms. The highest BCUT2D eigenvalue weighted by Crippen LogP contribution is 2.32. The first-order valence-electron chi connectivity index (χ1n) is 11.2. The SMILES string of the molecule is CCOc1cc(/C=C(\C#N)C(=O)NC[C@H]2CCCO2)ccc1OCc1cc(OC)ccc1OC. The summed E-state index contributed by atoms with van der Waals surface area (Å²) in [5.41, 5.74) is 1.48. The highest BCUT2D eigenvalue weighted by atomic mass is 16.5. The van der Waals surface area contributed by atoms with Crippen LogP contribution in [0.4, 0.5) is 0 Å². The molecule has 3 rings (SSSR count). The van der Waals surface area contributed by atoms with Gasteiger partial charge in [-0.25, -0.2) is 0 Å². The van der Waals surface area contributed by atoms with Crippen LogP contribution in [0.5, 0.6) is 23.0 Å². The predicted molar refractivity (Wildman–Crippen MR) is 127 cm³/mol. The van der Waals surface area contributed by atoms with E-state index in [1.165, 1.54) is 6.08 Å². The summed E-state index contributed by atoms with van der Waals surface area (Å²) >= 11 is 0. The van der Waals surface area contributed by atoms with Gasteiger partial charge in [-0.2, -0.15) is 5.26 Å². The van der Waals surface area contributed by atoms with Crippen LogP contribution in [-0.2, 0) is 16.1 Å². The molecule has 2 aromatic rings. The maximum Gasteiger partial charge on any atom is 0.262 e. The summed E-state index contributed by atoms with van der Waals surface area (Å²) in [5, 5.41) is 12.3. The molecule has 8 nitrogen and oxygen atoms in total. The Hall–Kier alpha value is -3.70. The van der Waals surface area contributed by atoms with Crippen LogP contribution in [-0.4, -0.2) is 46.0 Å². The Morgan fingerprint density at radius 1 is 1.15 bits per heavy atom. The molecule has 1 saturated heterocycles. The molecule has 1 aliphatic rings. The van der Waals surface area contributed by atoms with Gasteiger partial charge >= 0.3 is 0 Å². The van der Waals surface area contributed by atoms with Crippen LogP contribution < -0.4 is 24.3 Å². The van der Waals surface area contributed by atoms with Crippen LogP contribution in [0.15, 0.2) is 42.0 Å².